The molecule has 1 unspecified atom stereocenters. The highest BCUT2D eigenvalue weighted by Crippen LogP contribution is 2.32. The average molecular weight is 250 g/mol. The molecule has 96 valence electrons. The van der Waals surface area contributed by atoms with Gasteiger partial charge in [-0.1, -0.05) is 0 Å². The lowest BCUT2D eigenvalue weighted by atomic mass is 10.0. The summed E-state index contributed by atoms with van der Waals surface area (Å²) in [5.41, 5.74) is 7.64. The zero-order chi connectivity index (χ0) is 13.3. The van der Waals surface area contributed by atoms with E-state index in [0.717, 1.165) is 5.56 Å². The summed E-state index contributed by atoms with van der Waals surface area (Å²) in [6, 6.07) is 3.32. The zero-order valence-electron chi connectivity index (χ0n) is 9.90. The maximum Gasteiger partial charge on any atom is 0.316 e. The molecule has 4 N–H and O–H groups in total. The zero-order valence-corrected chi connectivity index (χ0v) is 9.90. The van der Waals surface area contributed by atoms with Crippen LogP contribution in [0.1, 0.15) is 12.0 Å². The number of aryl methyl sites for hydroxylation is 1. The number of aliphatic carboxylic acids is 1. The second-order valence-electron chi connectivity index (χ2n) is 4.17. The predicted octanol–water partition coefficient (Wildman–Crippen LogP) is 0.863. The molecule has 0 spiro atoms. The predicted molar refractivity (Wildman–Crippen MR) is 65.5 cm³/mol. The Morgan fingerprint density at radius 1 is 1.56 bits per heavy atom. The van der Waals surface area contributed by atoms with Gasteiger partial charge in [0.25, 0.3) is 0 Å². The number of carboxylic acids is 1. The van der Waals surface area contributed by atoms with Gasteiger partial charge in [0.05, 0.1) is 12.8 Å². The van der Waals surface area contributed by atoms with Crippen molar-refractivity contribution in [3.8, 4) is 5.75 Å². The summed E-state index contributed by atoms with van der Waals surface area (Å²) >= 11 is 0. The van der Waals surface area contributed by atoms with Gasteiger partial charge in [-0.25, -0.2) is 0 Å². The average Bonchev–Trinajstić information content (AvgIpc) is 2.46. The fraction of sp³-hybridized carbons (Fsp3) is 0.333. The molecule has 0 aromatic heterocycles. The molecular formula is C12H14N2O4. The SMILES string of the molecule is COc1cc2c(cc1N)CCC(C(=O)O)C(=O)N2. The Kier molecular flexibility index (Phi) is 3.10. The number of amides is 1. The molecule has 0 saturated heterocycles. The number of hydrogen-bond acceptors (Lipinski definition) is 4. The number of hydrogen-bond donors (Lipinski definition) is 3. The van der Waals surface area contributed by atoms with E-state index in [1.807, 2.05) is 0 Å². The van der Waals surface area contributed by atoms with Crippen LogP contribution in [0.3, 0.4) is 0 Å². The Labute approximate surface area is 104 Å². The molecule has 1 atom stereocenters. The fourth-order valence-corrected chi connectivity index (χ4v) is 2.03. The van der Waals surface area contributed by atoms with Crippen molar-refractivity contribution in [2.24, 2.45) is 5.92 Å². The first-order valence-corrected chi connectivity index (χ1v) is 5.53. The van der Waals surface area contributed by atoms with E-state index in [-0.39, 0.29) is 6.42 Å². The van der Waals surface area contributed by atoms with E-state index in [1.54, 1.807) is 12.1 Å². The number of benzene rings is 1. The lowest BCUT2D eigenvalue weighted by Crippen LogP contribution is -2.28. The first kappa shape index (κ1) is 12.2. The van der Waals surface area contributed by atoms with Crippen LogP contribution in [-0.2, 0) is 16.0 Å². The quantitative estimate of drug-likeness (QED) is 0.534. The molecule has 1 aliphatic heterocycles. The van der Waals surface area contributed by atoms with Crippen molar-refractivity contribution in [3.63, 3.8) is 0 Å². The van der Waals surface area contributed by atoms with Crippen LogP contribution in [0, 0.1) is 5.92 Å². The number of nitrogens with one attached hydrogen (secondary N) is 1. The van der Waals surface area contributed by atoms with Crippen LogP contribution in [0.4, 0.5) is 11.4 Å². The van der Waals surface area contributed by atoms with Crippen LogP contribution in [0.5, 0.6) is 5.75 Å². The van der Waals surface area contributed by atoms with Crippen LogP contribution in [0.25, 0.3) is 0 Å². The lowest BCUT2D eigenvalue weighted by Gasteiger charge is -2.11. The maximum atomic E-state index is 11.7. The maximum absolute atomic E-state index is 11.7. The number of anilines is 2. The lowest BCUT2D eigenvalue weighted by molar-refractivity contribution is -0.145. The van der Waals surface area contributed by atoms with Gasteiger partial charge in [-0.3, -0.25) is 9.59 Å². The Bertz CT molecular complexity index is 513. The van der Waals surface area contributed by atoms with Gasteiger partial charge in [0.1, 0.15) is 11.7 Å². The molecule has 0 fully saturated rings. The van der Waals surface area contributed by atoms with Crippen molar-refractivity contribution in [2.75, 3.05) is 18.2 Å². The smallest absolute Gasteiger partial charge is 0.316 e. The highest BCUT2D eigenvalue weighted by Gasteiger charge is 2.29. The molecule has 0 radical (unpaired) electrons. The molecule has 18 heavy (non-hydrogen) atoms. The highest BCUT2D eigenvalue weighted by molar-refractivity contribution is 6.05. The standard InChI is InChI=1S/C12H14N2O4/c1-18-10-5-9-6(4-8(10)13)2-3-7(12(16)17)11(15)14-9/h4-5,7H,2-3,13H2,1H3,(H,14,15)(H,16,17). The number of ether oxygens (including phenoxy) is 1. The first-order chi connectivity index (χ1) is 8.52. The third-order valence-corrected chi connectivity index (χ3v) is 3.03. The normalized spacial score (nSPS) is 18.5. The van der Waals surface area contributed by atoms with E-state index in [9.17, 15) is 9.59 Å². The van der Waals surface area contributed by atoms with Gasteiger partial charge in [0.2, 0.25) is 5.91 Å². The van der Waals surface area contributed by atoms with Gasteiger partial charge in [-0.05, 0) is 24.5 Å². The van der Waals surface area contributed by atoms with Crippen LogP contribution < -0.4 is 15.8 Å². The van der Waals surface area contributed by atoms with Gasteiger partial charge < -0.3 is 20.9 Å². The largest absolute Gasteiger partial charge is 0.495 e. The van der Waals surface area contributed by atoms with Gasteiger partial charge in [-0.15, -0.1) is 0 Å². The molecule has 0 saturated carbocycles. The molecule has 0 bridgehead atoms. The van der Waals surface area contributed by atoms with E-state index in [2.05, 4.69) is 5.32 Å². The van der Waals surface area contributed by atoms with Gasteiger partial charge in [-0.2, -0.15) is 0 Å². The molecule has 1 aromatic rings. The Morgan fingerprint density at radius 3 is 2.89 bits per heavy atom. The third-order valence-electron chi connectivity index (χ3n) is 3.03. The number of methoxy groups -OCH3 is 1. The van der Waals surface area contributed by atoms with Crippen molar-refractivity contribution in [1.29, 1.82) is 0 Å². The molecule has 6 heteroatoms. The second-order valence-corrected chi connectivity index (χ2v) is 4.17. The van der Waals surface area contributed by atoms with E-state index in [0.29, 0.717) is 23.5 Å². The summed E-state index contributed by atoms with van der Waals surface area (Å²) in [5.74, 6) is -2.18. The molecule has 1 aliphatic rings. The topological polar surface area (TPSA) is 102 Å². The Morgan fingerprint density at radius 2 is 2.28 bits per heavy atom. The minimum Gasteiger partial charge on any atom is -0.495 e. The summed E-state index contributed by atoms with van der Waals surface area (Å²) in [6.45, 7) is 0. The molecule has 0 aliphatic carbocycles. The number of carboxylic acid groups (broad SMARTS) is 1. The number of rotatable bonds is 2. The third kappa shape index (κ3) is 2.09. The molecule has 1 heterocycles. The second kappa shape index (κ2) is 4.56. The van der Waals surface area contributed by atoms with Gasteiger partial charge >= 0.3 is 5.97 Å². The van der Waals surface area contributed by atoms with Crippen LogP contribution >= 0.6 is 0 Å². The molecular weight excluding hydrogens is 236 g/mol. The van der Waals surface area contributed by atoms with Gasteiger partial charge in [0.15, 0.2) is 0 Å². The number of carbonyl (C=O) groups is 2. The number of fused-ring (bicyclic) bond motifs is 1. The number of nitrogens with two attached hydrogens (primary N) is 1. The van der Waals surface area contributed by atoms with Crippen molar-refractivity contribution in [1.82, 2.24) is 0 Å². The van der Waals surface area contributed by atoms with Crippen molar-refractivity contribution in [3.05, 3.63) is 17.7 Å². The van der Waals surface area contributed by atoms with Crippen molar-refractivity contribution >= 4 is 23.3 Å². The van der Waals surface area contributed by atoms with E-state index >= 15 is 0 Å². The van der Waals surface area contributed by atoms with Crippen molar-refractivity contribution in [2.45, 2.75) is 12.8 Å². The van der Waals surface area contributed by atoms with Crippen LogP contribution in [0.2, 0.25) is 0 Å². The van der Waals surface area contributed by atoms with Crippen LogP contribution in [0.15, 0.2) is 12.1 Å². The molecule has 6 nitrogen and oxygen atoms in total. The van der Waals surface area contributed by atoms with E-state index < -0.39 is 17.8 Å². The number of carbonyl (C=O) groups excluding carboxylic acids is 1. The molecule has 1 amide bonds. The van der Waals surface area contributed by atoms with E-state index in [4.69, 9.17) is 15.6 Å². The van der Waals surface area contributed by atoms with E-state index in [1.165, 1.54) is 7.11 Å². The summed E-state index contributed by atoms with van der Waals surface area (Å²) in [6.07, 6.45) is 0.749. The minimum atomic E-state index is -1.11. The summed E-state index contributed by atoms with van der Waals surface area (Å²) in [5, 5.41) is 11.6. The molecule has 2 rings (SSSR count). The summed E-state index contributed by atoms with van der Waals surface area (Å²) in [4.78, 5) is 22.7. The minimum absolute atomic E-state index is 0.264. The summed E-state index contributed by atoms with van der Waals surface area (Å²) in [7, 11) is 1.48. The Hall–Kier alpha value is -2.24. The number of nitrogen functional groups attached to an aromatic ring is 1. The fourth-order valence-electron chi connectivity index (χ4n) is 2.03. The summed E-state index contributed by atoms with van der Waals surface area (Å²) < 4.78 is 5.07. The molecule has 1 aromatic carbocycles. The van der Waals surface area contributed by atoms with Crippen LogP contribution in [-0.4, -0.2) is 24.1 Å². The first-order valence-electron chi connectivity index (χ1n) is 5.53. The van der Waals surface area contributed by atoms with Gasteiger partial charge in [0, 0.05) is 11.8 Å². The van der Waals surface area contributed by atoms with Crippen molar-refractivity contribution < 1.29 is 19.4 Å². The monoisotopic (exact) mass is 250 g/mol. The Balaban J connectivity index is 2.38. The highest BCUT2D eigenvalue weighted by atomic mass is 16.5.